The van der Waals surface area contributed by atoms with Gasteiger partial charge < -0.3 is 30.9 Å². The Kier molecular flexibility index (Phi) is 74.3. The number of rotatable bonds is 0. The molecule has 0 rings (SSSR count). The maximum absolute atomic E-state index is 7.21. The Bertz CT molecular complexity index is 92.5. The monoisotopic (exact) mass is 333 g/mol. The van der Waals surface area contributed by atoms with Crippen molar-refractivity contribution >= 4 is 19.2 Å². The molecule has 0 heterocycles. The zero-order valence-electron chi connectivity index (χ0n) is 5.90. The van der Waals surface area contributed by atoms with Crippen LogP contribution in [0.5, 0.6) is 0 Å². The molecule has 0 atom stereocenters. The predicted molar refractivity (Wildman–Crippen MR) is 35.6 cm³/mol. The fraction of sp³-hybridized carbons (Fsp3) is 0. The molecule has 0 aliphatic carbocycles. The van der Waals surface area contributed by atoms with Crippen LogP contribution in [0, 0.1) is 49.4 Å². The average Bonchev–Trinajstić information content (AvgIpc) is 2.18. The van der Waals surface area contributed by atoms with Crippen molar-refractivity contribution in [3.8, 4) is 0 Å². The van der Waals surface area contributed by atoms with Crippen LogP contribution in [0.3, 0.4) is 0 Å². The molecule has 9 nitrogen and oxygen atoms in total. The largest absolute Gasteiger partial charge is 3.00 e. The van der Waals surface area contributed by atoms with E-state index in [1.807, 2.05) is 15.5 Å². The molecule has 0 unspecified atom stereocenters. The Morgan fingerprint density at radius 2 is 0.692 bits per heavy atom. The van der Waals surface area contributed by atoms with Crippen molar-refractivity contribution in [1.29, 1.82) is 0 Å². The summed E-state index contributed by atoms with van der Waals surface area (Å²) >= 11 is 0. The molecule has 13 heavy (non-hydrogen) atoms. The van der Waals surface area contributed by atoms with E-state index in [9.17, 15) is 0 Å². The van der Waals surface area contributed by atoms with E-state index < -0.39 is 0 Å². The topological polar surface area (TPSA) is 158 Å². The number of nitrogens with zero attached hydrogens (tertiary/aromatic N) is 3. The molecule has 0 saturated heterocycles. The smallest absolute Gasteiger partial charge is 0.683 e. The molecule has 0 fully saturated rings. The Morgan fingerprint density at radius 1 is 0.615 bits per heavy atom. The van der Waals surface area contributed by atoms with Gasteiger partial charge in [0.2, 0.25) is 0 Å². The van der Waals surface area contributed by atoms with Crippen molar-refractivity contribution in [2.24, 2.45) is 15.5 Å². The summed E-state index contributed by atoms with van der Waals surface area (Å²) in [5.41, 5.74) is 0. The molecule has 0 radical (unpaired) electrons. The van der Waals surface area contributed by atoms with Gasteiger partial charge in [0, 0.05) is 0 Å². The minimum Gasteiger partial charge on any atom is -0.683 e. The Labute approximate surface area is 114 Å². The standard InChI is InChI=1S/3CH2NO2.Eu/c3*3-1-2-4;/h3*4H,(H,2,3);/q3*-1;+3. The summed E-state index contributed by atoms with van der Waals surface area (Å²) in [7, 11) is 0. The van der Waals surface area contributed by atoms with E-state index in [1.54, 1.807) is 0 Å². The first-order valence-corrected chi connectivity index (χ1v) is 1.94. The first-order valence-electron chi connectivity index (χ1n) is 1.94. The van der Waals surface area contributed by atoms with Gasteiger partial charge in [0.15, 0.2) is 0 Å². The molecule has 0 amide bonds. The second kappa shape index (κ2) is 42.3. The Morgan fingerprint density at radius 3 is 0.692 bits per heavy atom. The van der Waals surface area contributed by atoms with Crippen LogP contribution in [-0.4, -0.2) is 50.1 Å². The summed E-state index contributed by atoms with van der Waals surface area (Å²) in [5.74, 6) is 0. The molecular weight excluding hydrogens is 326 g/mol. The maximum Gasteiger partial charge on any atom is 3.00 e. The molecule has 0 bridgehead atoms. The van der Waals surface area contributed by atoms with Gasteiger partial charge in [-0.15, -0.1) is 0 Å². The van der Waals surface area contributed by atoms with Gasteiger partial charge in [0.25, 0.3) is 0 Å². The summed E-state index contributed by atoms with van der Waals surface area (Å²) in [4.78, 5) is 0. The van der Waals surface area contributed by atoms with Gasteiger partial charge in [0.05, 0.1) is 0 Å². The molecule has 0 aromatic heterocycles. The van der Waals surface area contributed by atoms with Crippen molar-refractivity contribution in [2.75, 3.05) is 0 Å². The van der Waals surface area contributed by atoms with E-state index in [4.69, 9.17) is 30.9 Å². The van der Waals surface area contributed by atoms with Gasteiger partial charge in [-0.25, -0.2) is 0 Å². The zero-order chi connectivity index (χ0) is 10.2. The van der Waals surface area contributed by atoms with Crippen molar-refractivity contribution in [3.05, 3.63) is 0 Å². The quantitative estimate of drug-likeness (QED) is 0.115. The van der Waals surface area contributed by atoms with Crippen LogP contribution in [0.15, 0.2) is 15.5 Å². The summed E-state index contributed by atoms with van der Waals surface area (Å²) < 4.78 is 0. The third-order valence-electron chi connectivity index (χ3n) is 0.134. The van der Waals surface area contributed by atoms with Crippen molar-refractivity contribution in [3.63, 3.8) is 0 Å². The first-order chi connectivity index (χ1) is 5.74. The maximum atomic E-state index is 7.21. The van der Waals surface area contributed by atoms with E-state index in [0.717, 1.165) is 19.2 Å². The van der Waals surface area contributed by atoms with Crippen LogP contribution < -0.4 is 0 Å². The van der Waals surface area contributed by atoms with Gasteiger partial charge >= 0.3 is 49.4 Å². The summed E-state index contributed by atoms with van der Waals surface area (Å²) in [6.07, 6.45) is 3.33. The molecular formula is C3H6EuN3O6. The van der Waals surface area contributed by atoms with Crippen LogP contribution in [0.4, 0.5) is 0 Å². The van der Waals surface area contributed by atoms with Gasteiger partial charge in [-0.05, 0) is 0 Å². The molecule has 0 aliphatic rings. The van der Waals surface area contributed by atoms with Gasteiger partial charge in [-0.3, -0.25) is 15.5 Å². The van der Waals surface area contributed by atoms with Crippen LogP contribution in [-0.2, 0) is 0 Å². The summed E-state index contributed by atoms with van der Waals surface area (Å²) in [6, 6.07) is 0. The van der Waals surface area contributed by atoms with Crippen LogP contribution >= 0.6 is 0 Å². The second-order valence-corrected chi connectivity index (χ2v) is 0.600. The average molecular weight is 332 g/mol. The van der Waals surface area contributed by atoms with Crippen LogP contribution in [0.2, 0.25) is 0 Å². The van der Waals surface area contributed by atoms with E-state index in [1.165, 1.54) is 0 Å². The van der Waals surface area contributed by atoms with Gasteiger partial charge in [-0.1, -0.05) is 0 Å². The van der Waals surface area contributed by atoms with Gasteiger partial charge in [0.1, 0.15) is 0 Å². The normalized spacial score (nSPS) is 8.31. The Hall–Kier alpha value is -0.606. The third-order valence-corrected chi connectivity index (χ3v) is 0.134. The van der Waals surface area contributed by atoms with E-state index in [2.05, 4.69) is 0 Å². The number of hydrogen-bond acceptors (Lipinski definition) is 6. The van der Waals surface area contributed by atoms with E-state index in [-0.39, 0.29) is 49.4 Å². The predicted octanol–water partition coefficient (Wildman–Crippen LogP) is -0.483. The SMILES string of the molecule is O[C-]=NO.O[C-]=NO.O[C-]=NO.[Eu+3]. The zero-order valence-corrected chi connectivity index (χ0v) is 8.33. The first kappa shape index (κ1) is 22.8. The van der Waals surface area contributed by atoms with Gasteiger partial charge in [-0.2, -0.15) is 19.2 Å². The molecule has 0 aliphatic heterocycles. The molecule has 10 heteroatoms. The summed E-state index contributed by atoms with van der Waals surface area (Å²) in [5, 5.41) is 49.2. The third kappa shape index (κ3) is 175. The summed E-state index contributed by atoms with van der Waals surface area (Å²) in [6.45, 7) is 0. The number of aliphatic hydroxyl groups excluding tert-OH is 3. The fourth-order valence-electron chi connectivity index (χ4n) is 0. The molecule has 0 aromatic carbocycles. The minimum atomic E-state index is 0. The fourth-order valence-corrected chi connectivity index (χ4v) is 0. The van der Waals surface area contributed by atoms with Crippen molar-refractivity contribution in [2.45, 2.75) is 0 Å². The molecule has 0 saturated carbocycles. The van der Waals surface area contributed by atoms with Crippen LogP contribution in [0.1, 0.15) is 0 Å². The number of hydrogen-bond donors (Lipinski definition) is 6. The molecule has 0 aromatic rings. The molecule has 6 N–H and O–H groups in total. The van der Waals surface area contributed by atoms with Crippen LogP contribution in [0.25, 0.3) is 0 Å². The second-order valence-electron chi connectivity index (χ2n) is 0.600. The number of aliphatic hydroxyl groups is 3. The van der Waals surface area contributed by atoms with Crippen molar-refractivity contribution < 1.29 is 80.3 Å². The Balaban J connectivity index is -0.0000000450. The van der Waals surface area contributed by atoms with E-state index in [0.29, 0.717) is 0 Å². The minimum absolute atomic E-state index is 0. The van der Waals surface area contributed by atoms with Crippen molar-refractivity contribution in [1.82, 2.24) is 0 Å². The molecule has 0 spiro atoms. The molecule has 76 valence electrons. The van der Waals surface area contributed by atoms with E-state index >= 15 is 0 Å².